The maximum atomic E-state index is 11.8. The molecule has 1 aliphatic heterocycles. The molecule has 0 saturated carbocycles. The molecule has 1 aromatic carbocycles. The Morgan fingerprint density at radius 1 is 1.32 bits per heavy atom. The summed E-state index contributed by atoms with van der Waals surface area (Å²) >= 11 is 0. The van der Waals surface area contributed by atoms with Crippen LogP contribution in [0.15, 0.2) is 24.3 Å². The molecule has 1 aromatic rings. The number of hydrogen-bond donors (Lipinski definition) is 2. The predicted octanol–water partition coefficient (Wildman–Crippen LogP) is 1.58. The number of nitrogens with two attached hydrogens (primary N) is 1. The molecule has 0 aliphatic carbocycles. The van der Waals surface area contributed by atoms with E-state index in [1.165, 1.54) is 5.69 Å². The summed E-state index contributed by atoms with van der Waals surface area (Å²) in [7, 11) is 0. The zero-order valence-electron chi connectivity index (χ0n) is 12.8. The number of hydrogen-bond acceptors (Lipinski definition) is 4. The number of halogens is 2. The van der Waals surface area contributed by atoms with Gasteiger partial charge in [0.25, 0.3) is 0 Å². The monoisotopic (exact) mass is 349 g/mol. The van der Waals surface area contributed by atoms with Crippen molar-refractivity contribution in [3.8, 4) is 0 Å². The molecule has 1 saturated heterocycles. The molecule has 7 heteroatoms. The third kappa shape index (κ3) is 5.65. The van der Waals surface area contributed by atoms with Gasteiger partial charge in [0.05, 0.1) is 13.2 Å². The van der Waals surface area contributed by atoms with E-state index < -0.39 is 0 Å². The molecule has 2 rings (SSSR count). The fraction of sp³-hybridized carbons (Fsp3) is 0.533. The molecule has 0 spiro atoms. The lowest BCUT2D eigenvalue weighted by Crippen LogP contribution is -2.37. The number of anilines is 1. The SMILES string of the molecule is CC(CN)C(=O)NCc1ccccc1N1CCOCC1.Cl.Cl. The number of amides is 1. The molecule has 3 N–H and O–H groups in total. The van der Waals surface area contributed by atoms with E-state index in [1.807, 2.05) is 19.1 Å². The van der Waals surface area contributed by atoms with Gasteiger partial charge in [-0.1, -0.05) is 25.1 Å². The van der Waals surface area contributed by atoms with Gasteiger partial charge >= 0.3 is 0 Å². The maximum Gasteiger partial charge on any atom is 0.224 e. The van der Waals surface area contributed by atoms with Crippen LogP contribution in [0.3, 0.4) is 0 Å². The Hall–Kier alpha value is -1.01. The van der Waals surface area contributed by atoms with Gasteiger partial charge in [-0.15, -0.1) is 24.8 Å². The Kier molecular flexibility index (Phi) is 10.2. The van der Waals surface area contributed by atoms with E-state index in [-0.39, 0.29) is 36.6 Å². The fourth-order valence-electron chi connectivity index (χ4n) is 2.24. The van der Waals surface area contributed by atoms with Crippen LogP contribution in [0.4, 0.5) is 5.69 Å². The van der Waals surface area contributed by atoms with Crippen LogP contribution < -0.4 is 16.0 Å². The van der Waals surface area contributed by atoms with Gasteiger partial charge in [0, 0.05) is 37.8 Å². The van der Waals surface area contributed by atoms with Crippen molar-refractivity contribution in [3.05, 3.63) is 29.8 Å². The van der Waals surface area contributed by atoms with Crippen LogP contribution in [-0.4, -0.2) is 38.8 Å². The zero-order valence-corrected chi connectivity index (χ0v) is 14.4. The molecule has 1 atom stereocenters. The molecular weight excluding hydrogens is 325 g/mol. The lowest BCUT2D eigenvalue weighted by molar-refractivity contribution is -0.124. The molecular formula is C15H25Cl2N3O2. The summed E-state index contributed by atoms with van der Waals surface area (Å²) in [4.78, 5) is 14.1. The molecule has 0 radical (unpaired) electrons. The third-order valence-corrected chi connectivity index (χ3v) is 3.60. The van der Waals surface area contributed by atoms with Crippen molar-refractivity contribution in [2.24, 2.45) is 11.7 Å². The first-order chi connectivity index (χ1) is 9.72. The highest BCUT2D eigenvalue weighted by Gasteiger charge is 2.15. The number of ether oxygens (including phenoxy) is 1. The average Bonchev–Trinajstić information content (AvgIpc) is 2.53. The van der Waals surface area contributed by atoms with Crippen LogP contribution in [0.1, 0.15) is 12.5 Å². The van der Waals surface area contributed by atoms with Crippen LogP contribution in [0.5, 0.6) is 0 Å². The topological polar surface area (TPSA) is 67.6 Å². The second-order valence-corrected chi connectivity index (χ2v) is 5.08. The molecule has 1 fully saturated rings. The van der Waals surface area contributed by atoms with E-state index in [9.17, 15) is 4.79 Å². The summed E-state index contributed by atoms with van der Waals surface area (Å²) in [5, 5.41) is 2.95. The molecule has 5 nitrogen and oxygen atoms in total. The normalized spacial score (nSPS) is 15.3. The van der Waals surface area contributed by atoms with E-state index in [2.05, 4.69) is 22.3 Å². The number of morpholine rings is 1. The first-order valence-electron chi connectivity index (χ1n) is 7.10. The maximum absolute atomic E-state index is 11.8. The predicted molar refractivity (Wildman–Crippen MR) is 94.0 cm³/mol. The fourth-order valence-corrected chi connectivity index (χ4v) is 2.24. The Morgan fingerprint density at radius 3 is 2.59 bits per heavy atom. The largest absolute Gasteiger partial charge is 0.378 e. The second kappa shape index (κ2) is 10.7. The lowest BCUT2D eigenvalue weighted by Gasteiger charge is -2.30. The van der Waals surface area contributed by atoms with Gasteiger partial charge in [-0.05, 0) is 11.6 Å². The first kappa shape index (κ1) is 21.0. The average molecular weight is 350 g/mol. The van der Waals surface area contributed by atoms with Crippen LogP contribution in [0.25, 0.3) is 0 Å². The van der Waals surface area contributed by atoms with Crippen molar-refractivity contribution in [2.75, 3.05) is 37.7 Å². The van der Waals surface area contributed by atoms with Crippen LogP contribution in [0.2, 0.25) is 0 Å². The van der Waals surface area contributed by atoms with Gasteiger partial charge in [0.15, 0.2) is 0 Å². The summed E-state index contributed by atoms with van der Waals surface area (Å²) in [5.74, 6) is -0.144. The van der Waals surface area contributed by atoms with Crippen molar-refractivity contribution in [2.45, 2.75) is 13.5 Å². The molecule has 1 aliphatic rings. The standard InChI is InChI=1S/C15H23N3O2.2ClH/c1-12(10-16)15(19)17-11-13-4-2-3-5-14(13)18-6-8-20-9-7-18;;/h2-5,12H,6-11,16H2,1H3,(H,17,19);2*1H. The minimum Gasteiger partial charge on any atom is -0.378 e. The quantitative estimate of drug-likeness (QED) is 0.846. The van der Waals surface area contributed by atoms with E-state index in [0.717, 1.165) is 31.9 Å². The van der Waals surface area contributed by atoms with Crippen molar-refractivity contribution >= 4 is 36.4 Å². The van der Waals surface area contributed by atoms with Gasteiger partial charge in [0.2, 0.25) is 5.91 Å². The highest BCUT2D eigenvalue weighted by atomic mass is 35.5. The molecule has 126 valence electrons. The van der Waals surface area contributed by atoms with E-state index in [1.54, 1.807) is 0 Å². The molecule has 0 aromatic heterocycles. The Balaban J connectivity index is 0.00000220. The van der Waals surface area contributed by atoms with Gasteiger partial charge < -0.3 is 20.7 Å². The van der Waals surface area contributed by atoms with Crippen LogP contribution in [-0.2, 0) is 16.1 Å². The number of carbonyl (C=O) groups excluding carboxylic acids is 1. The molecule has 1 heterocycles. The third-order valence-electron chi connectivity index (χ3n) is 3.60. The van der Waals surface area contributed by atoms with Crippen molar-refractivity contribution in [1.29, 1.82) is 0 Å². The Morgan fingerprint density at radius 2 is 1.95 bits per heavy atom. The van der Waals surface area contributed by atoms with E-state index in [4.69, 9.17) is 10.5 Å². The van der Waals surface area contributed by atoms with Crippen LogP contribution >= 0.6 is 24.8 Å². The smallest absolute Gasteiger partial charge is 0.224 e. The van der Waals surface area contributed by atoms with Crippen LogP contribution in [0, 0.1) is 5.92 Å². The number of para-hydroxylation sites is 1. The van der Waals surface area contributed by atoms with Crippen molar-refractivity contribution in [1.82, 2.24) is 5.32 Å². The zero-order chi connectivity index (χ0) is 14.4. The molecule has 1 unspecified atom stereocenters. The van der Waals surface area contributed by atoms with Gasteiger partial charge in [-0.2, -0.15) is 0 Å². The summed E-state index contributed by atoms with van der Waals surface area (Å²) < 4.78 is 5.38. The van der Waals surface area contributed by atoms with Crippen molar-refractivity contribution in [3.63, 3.8) is 0 Å². The highest BCUT2D eigenvalue weighted by molar-refractivity contribution is 5.85. The summed E-state index contributed by atoms with van der Waals surface area (Å²) in [6, 6.07) is 8.17. The number of benzene rings is 1. The summed E-state index contributed by atoms with van der Waals surface area (Å²) in [6.07, 6.45) is 0. The van der Waals surface area contributed by atoms with Crippen molar-refractivity contribution < 1.29 is 9.53 Å². The summed E-state index contributed by atoms with van der Waals surface area (Å²) in [5.41, 5.74) is 7.81. The van der Waals surface area contributed by atoms with Gasteiger partial charge in [-0.25, -0.2) is 0 Å². The molecule has 22 heavy (non-hydrogen) atoms. The number of carbonyl (C=O) groups is 1. The lowest BCUT2D eigenvalue weighted by atomic mass is 10.1. The van der Waals surface area contributed by atoms with E-state index in [0.29, 0.717) is 13.1 Å². The Bertz CT molecular complexity index is 454. The second-order valence-electron chi connectivity index (χ2n) is 5.08. The molecule has 0 bridgehead atoms. The summed E-state index contributed by atoms with van der Waals surface area (Å²) in [6.45, 7) is 6.04. The van der Waals surface area contributed by atoms with E-state index >= 15 is 0 Å². The minimum atomic E-state index is -0.148. The Labute approximate surface area is 144 Å². The van der Waals surface area contributed by atoms with Gasteiger partial charge in [-0.3, -0.25) is 4.79 Å². The number of nitrogens with zero attached hydrogens (tertiary/aromatic N) is 1. The molecule has 1 amide bonds. The first-order valence-corrected chi connectivity index (χ1v) is 7.10. The minimum absolute atomic E-state index is 0. The highest BCUT2D eigenvalue weighted by Crippen LogP contribution is 2.21. The van der Waals surface area contributed by atoms with Gasteiger partial charge in [0.1, 0.15) is 0 Å². The number of rotatable bonds is 5. The number of nitrogens with one attached hydrogen (secondary N) is 1.